The van der Waals surface area contributed by atoms with Crippen LogP contribution in [0.15, 0.2) is 60.7 Å². The average molecular weight is 330 g/mol. The van der Waals surface area contributed by atoms with E-state index < -0.39 is 0 Å². The zero-order valence-corrected chi connectivity index (χ0v) is 14.5. The summed E-state index contributed by atoms with van der Waals surface area (Å²) in [5, 5.41) is 8.93. The molecule has 0 fully saturated rings. The average Bonchev–Trinajstić information content (AvgIpc) is 2.63. The molecule has 0 radical (unpaired) electrons. The molecule has 4 heteroatoms. The number of allylic oxidation sites excluding steroid dienone is 1. The first-order chi connectivity index (χ1) is 11.6. The van der Waals surface area contributed by atoms with Crippen molar-refractivity contribution in [3.05, 3.63) is 77.6 Å². The van der Waals surface area contributed by atoms with Crippen molar-refractivity contribution in [3.63, 3.8) is 0 Å². The van der Waals surface area contributed by atoms with Gasteiger partial charge in [0, 0.05) is 17.8 Å². The van der Waals surface area contributed by atoms with Gasteiger partial charge in [-0.1, -0.05) is 56.3 Å². The lowest BCUT2D eigenvalue weighted by Gasteiger charge is -2.00. The van der Waals surface area contributed by atoms with Gasteiger partial charge in [0.05, 0.1) is 0 Å². The molecule has 0 aliphatic rings. The maximum Gasteiger partial charge on any atom is 0.132 e. The van der Waals surface area contributed by atoms with Crippen LogP contribution < -0.4 is 11.5 Å². The second-order valence-electron chi connectivity index (χ2n) is 4.45. The normalized spacial score (nSPS) is 10.5. The molecule has 0 bridgehead atoms. The van der Waals surface area contributed by atoms with Crippen molar-refractivity contribution in [2.45, 2.75) is 20.8 Å². The van der Waals surface area contributed by atoms with Gasteiger partial charge in [-0.2, -0.15) is 0 Å². The molecule has 130 valence electrons. The van der Waals surface area contributed by atoms with E-state index in [2.05, 4.69) is 0 Å². The number of nitrogens with two attached hydrogens (primary N) is 2. The van der Waals surface area contributed by atoms with Crippen LogP contribution in [0.1, 0.15) is 31.9 Å². The Kier molecular flexibility index (Phi) is 11.5. The Morgan fingerprint density at radius 3 is 2.17 bits per heavy atom. The molecule has 0 heterocycles. The summed E-state index contributed by atoms with van der Waals surface area (Å²) >= 11 is 0. The van der Waals surface area contributed by atoms with E-state index in [0.717, 1.165) is 5.56 Å². The Hall–Kier alpha value is -2.59. The maximum absolute atomic E-state index is 12.9. The summed E-state index contributed by atoms with van der Waals surface area (Å²) in [6.07, 6.45) is 5.46. The number of benzene rings is 2. The van der Waals surface area contributed by atoms with Gasteiger partial charge in [0.15, 0.2) is 0 Å². The van der Waals surface area contributed by atoms with Crippen LogP contribution in [-0.2, 0) is 0 Å². The largest absolute Gasteiger partial charge is 0.508 e. The summed E-state index contributed by atoms with van der Waals surface area (Å²) < 4.78 is 12.9. The van der Waals surface area contributed by atoms with E-state index in [0.29, 0.717) is 17.8 Å². The summed E-state index contributed by atoms with van der Waals surface area (Å²) in [6.45, 7) is 6.32. The predicted molar refractivity (Wildman–Crippen MR) is 102 cm³/mol. The smallest absolute Gasteiger partial charge is 0.132 e. The number of halogens is 1. The van der Waals surface area contributed by atoms with E-state index in [-0.39, 0.29) is 11.6 Å². The first kappa shape index (κ1) is 21.4. The molecule has 0 unspecified atom stereocenters. The Morgan fingerprint density at radius 2 is 1.67 bits per heavy atom. The van der Waals surface area contributed by atoms with Crippen molar-refractivity contribution in [1.82, 2.24) is 0 Å². The Bertz CT molecular complexity index is 634. The highest BCUT2D eigenvalue weighted by atomic mass is 19.1. The fourth-order valence-electron chi connectivity index (χ4n) is 1.64. The second kappa shape index (κ2) is 12.9. The summed E-state index contributed by atoms with van der Waals surface area (Å²) in [7, 11) is 0. The molecule has 0 aliphatic heterocycles. The van der Waals surface area contributed by atoms with Gasteiger partial charge in [0.1, 0.15) is 11.6 Å². The van der Waals surface area contributed by atoms with Gasteiger partial charge >= 0.3 is 0 Å². The lowest BCUT2D eigenvalue weighted by atomic mass is 10.1. The van der Waals surface area contributed by atoms with E-state index in [9.17, 15) is 4.39 Å². The molecular formula is C20H27FN2O. The van der Waals surface area contributed by atoms with Gasteiger partial charge < -0.3 is 16.6 Å². The minimum Gasteiger partial charge on any atom is -0.508 e. The van der Waals surface area contributed by atoms with E-state index >= 15 is 0 Å². The first-order valence-electron chi connectivity index (χ1n) is 7.90. The number of phenolic OH excluding ortho intramolecular Hbond substituents is 1. The van der Waals surface area contributed by atoms with Crippen LogP contribution in [0.25, 0.3) is 11.8 Å². The van der Waals surface area contributed by atoms with Crippen molar-refractivity contribution >= 4 is 11.8 Å². The fraction of sp³-hybridized carbons (Fsp3) is 0.200. The molecule has 0 aromatic heterocycles. The second-order valence-corrected chi connectivity index (χ2v) is 4.45. The van der Waals surface area contributed by atoms with Gasteiger partial charge in [-0.05, 0) is 36.8 Å². The minimum atomic E-state index is -0.275. The number of hydrogen-bond donors (Lipinski definition) is 3. The molecule has 2 rings (SSSR count). The third-order valence-corrected chi connectivity index (χ3v) is 2.84. The van der Waals surface area contributed by atoms with Crippen LogP contribution in [0.4, 0.5) is 4.39 Å². The van der Waals surface area contributed by atoms with E-state index in [1.807, 2.05) is 38.1 Å². The topological polar surface area (TPSA) is 72.3 Å². The van der Waals surface area contributed by atoms with Crippen molar-refractivity contribution in [2.24, 2.45) is 11.5 Å². The van der Waals surface area contributed by atoms with Crippen molar-refractivity contribution in [3.8, 4) is 5.75 Å². The summed E-state index contributed by atoms with van der Waals surface area (Å²) in [5.41, 5.74) is 12.8. The molecule has 0 atom stereocenters. The number of hydrogen-bond acceptors (Lipinski definition) is 3. The van der Waals surface area contributed by atoms with E-state index in [4.69, 9.17) is 16.6 Å². The Labute approximate surface area is 144 Å². The molecule has 0 amide bonds. The van der Waals surface area contributed by atoms with Crippen LogP contribution in [0.5, 0.6) is 5.75 Å². The number of aromatic hydroxyl groups is 1. The van der Waals surface area contributed by atoms with Gasteiger partial charge in [-0.15, -0.1) is 0 Å². The fourth-order valence-corrected chi connectivity index (χ4v) is 1.64. The summed E-state index contributed by atoms with van der Waals surface area (Å²) in [6, 6.07) is 13.4. The van der Waals surface area contributed by atoms with Crippen molar-refractivity contribution in [1.29, 1.82) is 0 Å². The summed E-state index contributed by atoms with van der Waals surface area (Å²) in [5.74, 6) is 0.0120. The third-order valence-electron chi connectivity index (χ3n) is 2.84. The quantitative estimate of drug-likeness (QED) is 0.774. The molecule has 0 aliphatic carbocycles. The molecule has 5 N–H and O–H groups in total. The number of phenols is 1. The highest BCUT2D eigenvalue weighted by molar-refractivity contribution is 5.62. The zero-order valence-electron chi connectivity index (χ0n) is 14.5. The standard InChI is InChI=1S/C9H10FN.C9H11NO.C2H6/c1-2-9(11)7-5-3-4-6-8(7)10;10-7-1-2-8-3-5-9(11)6-4-8;1-2/h2-6H,11H2,1H3;1-6,11H,7,10H2;1-2H3/b9-2-;2-1+;. The zero-order chi connectivity index (χ0) is 18.4. The summed E-state index contributed by atoms with van der Waals surface area (Å²) in [4.78, 5) is 0. The highest BCUT2D eigenvalue weighted by Gasteiger charge is 2.00. The van der Waals surface area contributed by atoms with Crippen LogP contribution in [0.3, 0.4) is 0 Å². The molecule has 0 saturated carbocycles. The first-order valence-corrected chi connectivity index (χ1v) is 7.90. The Balaban J connectivity index is 0.000000400. The molecular weight excluding hydrogens is 303 g/mol. The Morgan fingerprint density at radius 1 is 1.08 bits per heavy atom. The van der Waals surface area contributed by atoms with Crippen molar-refractivity contribution in [2.75, 3.05) is 6.54 Å². The molecule has 0 spiro atoms. The predicted octanol–water partition coefficient (Wildman–Crippen LogP) is 4.54. The van der Waals surface area contributed by atoms with Crippen LogP contribution >= 0.6 is 0 Å². The van der Waals surface area contributed by atoms with Crippen LogP contribution in [0.2, 0.25) is 0 Å². The van der Waals surface area contributed by atoms with Gasteiger partial charge in [-0.25, -0.2) is 4.39 Å². The maximum atomic E-state index is 12.9. The monoisotopic (exact) mass is 330 g/mol. The van der Waals surface area contributed by atoms with E-state index in [1.165, 1.54) is 6.07 Å². The molecule has 0 saturated heterocycles. The lowest BCUT2D eigenvalue weighted by molar-refractivity contribution is 0.475. The SMILES string of the molecule is C/C=C(\N)c1ccccc1F.CC.NC/C=C/c1ccc(O)cc1. The van der Waals surface area contributed by atoms with Gasteiger partial charge in [0.2, 0.25) is 0 Å². The van der Waals surface area contributed by atoms with Crippen LogP contribution in [0, 0.1) is 5.82 Å². The molecule has 24 heavy (non-hydrogen) atoms. The van der Waals surface area contributed by atoms with Crippen molar-refractivity contribution < 1.29 is 9.50 Å². The third kappa shape index (κ3) is 8.15. The molecule has 2 aromatic rings. The van der Waals surface area contributed by atoms with E-state index in [1.54, 1.807) is 43.3 Å². The lowest BCUT2D eigenvalue weighted by Crippen LogP contribution is -1.97. The highest BCUT2D eigenvalue weighted by Crippen LogP contribution is 2.12. The number of rotatable bonds is 3. The van der Waals surface area contributed by atoms with Gasteiger partial charge in [-0.3, -0.25) is 0 Å². The minimum absolute atomic E-state index is 0.275. The van der Waals surface area contributed by atoms with Crippen LogP contribution in [-0.4, -0.2) is 11.7 Å². The molecule has 3 nitrogen and oxygen atoms in total. The van der Waals surface area contributed by atoms with Gasteiger partial charge in [0.25, 0.3) is 0 Å². The molecule has 2 aromatic carbocycles.